The fraction of sp³-hybridized carbons (Fsp3) is 0.850. The first-order valence-electron chi connectivity index (χ1n) is 10.0. The van der Waals surface area contributed by atoms with Gasteiger partial charge >= 0.3 is 11.9 Å². The maximum Gasteiger partial charge on any atom is 0.329 e. The smallest absolute Gasteiger partial charge is 0.329 e. The molecular formula is C20H35NO6. The minimum absolute atomic E-state index is 0.0330. The van der Waals surface area contributed by atoms with Crippen molar-refractivity contribution >= 4 is 17.8 Å². The Bertz CT molecular complexity index is 493. The van der Waals surface area contributed by atoms with Crippen LogP contribution in [0.15, 0.2) is 0 Å². The summed E-state index contributed by atoms with van der Waals surface area (Å²) in [6.07, 6.45) is 2.98. The van der Waals surface area contributed by atoms with Gasteiger partial charge in [0.2, 0.25) is 5.91 Å². The van der Waals surface area contributed by atoms with Crippen molar-refractivity contribution in [3.8, 4) is 0 Å². The second kappa shape index (κ2) is 12.0. The van der Waals surface area contributed by atoms with E-state index in [0.717, 1.165) is 12.8 Å². The van der Waals surface area contributed by atoms with Crippen molar-refractivity contribution in [1.29, 1.82) is 0 Å². The van der Waals surface area contributed by atoms with Crippen LogP contribution in [0.25, 0.3) is 0 Å². The molecule has 4 atom stereocenters. The number of carbonyl (C=O) groups excluding carboxylic acids is 3. The van der Waals surface area contributed by atoms with Crippen LogP contribution in [0.5, 0.6) is 0 Å². The first-order chi connectivity index (χ1) is 12.8. The van der Waals surface area contributed by atoms with Gasteiger partial charge in [-0.2, -0.15) is 0 Å². The van der Waals surface area contributed by atoms with Gasteiger partial charge in [-0.3, -0.25) is 9.59 Å². The van der Waals surface area contributed by atoms with Crippen LogP contribution in [0.2, 0.25) is 0 Å². The molecule has 0 aromatic rings. The maximum atomic E-state index is 12.3. The molecule has 7 nitrogen and oxygen atoms in total. The van der Waals surface area contributed by atoms with Gasteiger partial charge in [0.05, 0.1) is 25.7 Å². The van der Waals surface area contributed by atoms with Crippen LogP contribution in [0.3, 0.4) is 0 Å². The average Bonchev–Trinajstić information content (AvgIpc) is 2.59. The lowest BCUT2D eigenvalue weighted by Gasteiger charge is -2.37. The normalized spacial score (nSPS) is 23.6. The van der Waals surface area contributed by atoms with Gasteiger partial charge < -0.3 is 19.5 Å². The highest BCUT2D eigenvalue weighted by Gasteiger charge is 2.32. The lowest BCUT2D eigenvalue weighted by molar-refractivity contribution is -0.154. The van der Waals surface area contributed by atoms with E-state index < -0.39 is 23.9 Å². The number of rotatable bonds is 10. The van der Waals surface area contributed by atoms with Crippen molar-refractivity contribution in [2.45, 2.75) is 72.4 Å². The van der Waals surface area contributed by atoms with Gasteiger partial charge in [-0.15, -0.1) is 0 Å². The van der Waals surface area contributed by atoms with Crippen LogP contribution in [-0.2, 0) is 28.6 Å². The second-order valence-corrected chi connectivity index (χ2v) is 7.56. The van der Waals surface area contributed by atoms with E-state index >= 15 is 0 Å². The molecule has 0 aromatic heterocycles. The Morgan fingerprint density at radius 1 is 1.07 bits per heavy atom. The number of amides is 1. The predicted octanol–water partition coefficient (Wildman–Crippen LogP) is 2.46. The highest BCUT2D eigenvalue weighted by Crippen LogP contribution is 2.35. The predicted molar refractivity (Wildman–Crippen MR) is 101 cm³/mol. The lowest BCUT2D eigenvalue weighted by atomic mass is 9.75. The molecule has 0 aliphatic heterocycles. The van der Waals surface area contributed by atoms with Crippen molar-refractivity contribution in [3.63, 3.8) is 0 Å². The molecule has 0 aromatic carbocycles. The molecule has 1 aliphatic carbocycles. The van der Waals surface area contributed by atoms with Crippen LogP contribution in [-0.4, -0.2) is 49.8 Å². The Morgan fingerprint density at radius 2 is 1.74 bits per heavy atom. The zero-order chi connectivity index (χ0) is 20.4. The molecule has 1 amide bonds. The Kier molecular flexibility index (Phi) is 10.4. The number of nitrogens with one attached hydrogen (secondary N) is 1. The molecule has 1 rings (SSSR count). The number of hydrogen-bond donors (Lipinski definition) is 1. The third-order valence-corrected chi connectivity index (χ3v) is 4.97. The molecule has 0 heterocycles. The third-order valence-electron chi connectivity index (χ3n) is 4.97. The molecule has 3 unspecified atom stereocenters. The van der Waals surface area contributed by atoms with E-state index in [-0.39, 0.29) is 32.3 Å². The molecule has 1 N–H and O–H groups in total. The standard InChI is InChI=1S/C20H35NO6/c1-6-25-19(23)11-16(20(24)26-7-2)21-18(22)12-27-17-10-14(5)8-9-15(17)13(3)4/h13-17H,6-12H2,1-5H3,(H,21,22)/t14?,15?,16-,17?/m0/s1. The highest BCUT2D eigenvalue weighted by molar-refractivity contribution is 5.88. The molecule has 1 fully saturated rings. The van der Waals surface area contributed by atoms with Crippen LogP contribution >= 0.6 is 0 Å². The van der Waals surface area contributed by atoms with Crippen LogP contribution in [0.4, 0.5) is 0 Å². The molecule has 0 spiro atoms. The van der Waals surface area contributed by atoms with Gasteiger partial charge in [-0.1, -0.05) is 27.2 Å². The zero-order valence-electron chi connectivity index (χ0n) is 17.3. The van der Waals surface area contributed by atoms with Gasteiger partial charge in [0.15, 0.2) is 0 Å². The molecule has 0 saturated heterocycles. The van der Waals surface area contributed by atoms with Crippen LogP contribution < -0.4 is 5.32 Å². The number of carbonyl (C=O) groups is 3. The van der Waals surface area contributed by atoms with Crippen molar-refractivity contribution in [2.75, 3.05) is 19.8 Å². The van der Waals surface area contributed by atoms with E-state index in [1.165, 1.54) is 6.42 Å². The lowest BCUT2D eigenvalue weighted by Crippen LogP contribution is -2.46. The topological polar surface area (TPSA) is 90.9 Å². The Balaban J connectivity index is 2.61. The zero-order valence-corrected chi connectivity index (χ0v) is 17.3. The van der Waals surface area contributed by atoms with Crippen LogP contribution in [0, 0.1) is 17.8 Å². The number of ether oxygens (including phenoxy) is 3. The van der Waals surface area contributed by atoms with E-state index in [0.29, 0.717) is 17.8 Å². The van der Waals surface area contributed by atoms with E-state index in [4.69, 9.17) is 14.2 Å². The second-order valence-electron chi connectivity index (χ2n) is 7.56. The summed E-state index contributed by atoms with van der Waals surface area (Å²) in [6.45, 7) is 10.1. The van der Waals surface area contributed by atoms with Crippen molar-refractivity contribution in [2.24, 2.45) is 17.8 Å². The van der Waals surface area contributed by atoms with E-state index in [1.54, 1.807) is 13.8 Å². The Hall–Kier alpha value is -1.63. The van der Waals surface area contributed by atoms with Crippen molar-refractivity contribution in [1.82, 2.24) is 5.32 Å². The fourth-order valence-electron chi connectivity index (χ4n) is 3.55. The fourth-order valence-corrected chi connectivity index (χ4v) is 3.55. The Morgan fingerprint density at radius 3 is 2.33 bits per heavy atom. The monoisotopic (exact) mass is 385 g/mol. The summed E-state index contributed by atoms with van der Waals surface area (Å²) in [5.41, 5.74) is 0. The number of esters is 2. The summed E-state index contributed by atoms with van der Waals surface area (Å²) in [5.74, 6) is -0.152. The van der Waals surface area contributed by atoms with Gasteiger partial charge in [-0.25, -0.2) is 4.79 Å². The summed E-state index contributed by atoms with van der Waals surface area (Å²) in [6, 6.07) is -1.06. The summed E-state index contributed by atoms with van der Waals surface area (Å²) >= 11 is 0. The Labute approximate surface area is 162 Å². The van der Waals surface area contributed by atoms with Crippen LogP contribution in [0.1, 0.15) is 60.3 Å². The molecule has 0 bridgehead atoms. The SMILES string of the molecule is CCOC(=O)C[C@H](NC(=O)COC1CC(C)CCC1C(C)C)C(=O)OCC. The summed E-state index contributed by atoms with van der Waals surface area (Å²) in [4.78, 5) is 36.0. The van der Waals surface area contributed by atoms with Gasteiger partial charge in [0.25, 0.3) is 0 Å². The van der Waals surface area contributed by atoms with Crippen molar-refractivity contribution in [3.05, 3.63) is 0 Å². The van der Waals surface area contributed by atoms with E-state index in [1.807, 2.05) is 0 Å². The quantitative estimate of drug-likeness (QED) is 0.581. The maximum absolute atomic E-state index is 12.3. The molecule has 0 radical (unpaired) electrons. The number of hydrogen-bond acceptors (Lipinski definition) is 6. The van der Waals surface area contributed by atoms with Gasteiger partial charge in [-0.05, 0) is 44.4 Å². The summed E-state index contributed by atoms with van der Waals surface area (Å²) < 4.78 is 15.7. The molecule has 7 heteroatoms. The molecule has 156 valence electrons. The first-order valence-corrected chi connectivity index (χ1v) is 10.0. The minimum atomic E-state index is -1.06. The summed E-state index contributed by atoms with van der Waals surface area (Å²) in [7, 11) is 0. The molecule has 1 saturated carbocycles. The minimum Gasteiger partial charge on any atom is -0.466 e. The third kappa shape index (κ3) is 8.28. The van der Waals surface area contributed by atoms with Crippen molar-refractivity contribution < 1.29 is 28.6 Å². The molecular weight excluding hydrogens is 350 g/mol. The average molecular weight is 386 g/mol. The van der Waals surface area contributed by atoms with E-state index in [2.05, 4.69) is 26.1 Å². The molecule has 27 heavy (non-hydrogen) atoms. The molecule has 1 aliphatic rings. The van der Waals surface area contributed by atoms with Gasteiger partial charge in [0, 0.05) is 0 Å². The largest absolute Gasteiger partial charge is 0.466 e. The van der Waals surface area contributed by atoms with Gasteiger partial charge in [0.1, 0.15) is 12.6 Å². The summed E-state index contributed by atoms with van der Waals surface area (Å²) in [5, 5.41) is 2.55. The van der Waals surface area contributed by atoms with E-state index in [9.17, 15) is 14.4 Å². The highest BCUT2D eigenvalue weighted by atomic mass is 16.5. The first kappa shape index (κ1) is 23.4.